The van der Waals surface area contributed by atoms with E-state index in [0.29, 0.717) is 28.8 Å². The van der Waals surface area contributed by atoms with Crippen LogP contribution in [0, 0.1) is 0 Å². The second-order valence-electron chi connectivity index (χ2n) is 6.00. The molecule has 1 amide bonds. The van der Waals surface area contributed by atoms with E-state index in [4.69, 9.17) is 27.9 Å². The summed E-state index contributed by atoms with van der Waals surface area (Å²) in [4.78, 5) is 16.6. The van der Waals surface area contributed by atoms with Crippen LogP contribution in [0.3, 0.4) is 0 Å². The monoisotopic (exact) mass is 373 g/mol. The van der Waals surface area contributed by atoms with Gasteiger partial charge in [-0.15, -0.1) is 0 Å². The standard InChI is InChI=1S/C17H25Cl2N3O2/c1-21-9-11-22(12-10-21)8-3-7-20-16(23)6-13-24-15-5-2-4-14(18)17(15)19/h2,4-5H,3,6-13H2,1H3,(H,20,23). The third-order valence-corrected chi connectivity index (χ3v) is 4.87. The maximum atomic E-state index is 11.8. The lowest BCUT2D eigenvalue weighted by Crippen LogP contribution is -2.45. The van der Waals surface area contributed by atoms with Crippen LogP contribution in [-0.4, -0.2) is 68.6 Å². The van der Waals surface area contributed by atoms with Crippen LogP contribution >= 0.6 is 23.2 Å². The zero-order valence-corrected chi connectivity index (χ0v) is 15.6. The number of likely N-dealkylation sites (N-methyl/N-ethyl adjacent to an activating group) is 1. The van der Waals surface area contributed by atoms with Crippen molar-refractivity contribution in [3.8, 4) is 5.75 Å². The van der Waals surface area contributed by atoms with Crippen LogP contribution < -0.4 is 10.1 Å². The molecule has 0 radical (unpaired) electrons. The van der Waals surface area contributed by atoms with Crippen LogP contribution in [0.25, 0.3) is 0 Å². The Hall–Kier alpha value is -1.01. The van der Waals surface area contributed by atoms with E-state index in [1.807, 2.05) is 0 Å². The molecule has 1 fully saturated rings. The van der Waals surface area contributed by atoms with Gasteiger partial charge in [-0.3, -0.25) is 4.79 Å². The number of benzene rings is 1. The Morgan fingerprint density at radius 3 is 2.75 bits per heavy atom. The van der Waals surface area contributed by atoms with E-state index in [2.05, 4.69) is 22.2 Å². The number of halogens is 2. The Kier molecular flexibility index (Phi) is 8.12. The maximum Gasteiger partial charge on any atom is 0.223 e. The highest BCUT2D eigenvalue weighted by molar-refractivity contribution is 6.42. The molecule has 0 saturated carbocycles. The number of hydrogen-bond acceptors (Lipinski definition) is 4. The average molecular weight is 374 g/mol. The van der Waals surface area contributed by atoms with E-state index in [0.717, 1.165) is 39.1 Å². The topological polar surface area (TPSA) is 44.8 Å². The molecule has 1 saturated heterocycles. The highest BCUT2D eigenvalue weighted by Crippen LogP contribution is 2.31. The number of carbonyl (C=O) groups is 1. The molecule has 2 rings (SSSR count). The van der Waals surface area contributed by atoms with Crippen LogP contribution in [-0.2, 0) is 4.79 Å². The van der Waals surface area contributed by atoms with Gasteiger partial charge >= 0.3 is 0 Å². The molecule has 1 aromatic carbocycles. The van der Waals surface area contributed by atoms with Gasteiger partial charge in [0.1, 0.15) is 10.8 Å². The van der Waals surface area contributed by atoms with Crippen LogP contribution in [0.4, 0.5) is 0 Å². The van der Waals surface area contributed by atoms with Gasteiger partial charge < -0.3 is 19.9 Å². The molecule has 1 aromatic rings. The molecule has 0 spiro atoms. The number of nitrogens with one attached hydrogen (secondary N) is 1. The van der Waals surface area contributed by atoms with Gasteiger partial charge in [0.15, 0.2) is 0 Å². The minimum Gasteiger partial charge on any atom is -0.491 e. The van der Waals surface area contributed by atoms with Crippen molar-refractivity contribution in [2.45, 2.75) is 12.8 Å². The quantitative estimate of drug-likeness (QED) is 0.711. The van der Waals surface area contributed by atoms with E-state index < -0.39 is 0 Å². The Bertz CT molecular complexity index is 535. The van der Waals surface area contributed by atoms with Gasteiger partial charge in [-0.25, -0.2) is 0 Å². The second kappa shape index (κ2) is 10.1. The number of nitrogens with zero attached hydrogens (tertiary/aromatic N) is 2. The number of piperazine rings is 1. The van der Waals surface area contributed by atoms with Gasteiger partial charge in [0, 0.05) is 32.7 Å². The fourth-order valence-corrected chi connectivity index (χ4v) is 2.89. The highest BCUT2D eigenvalue weighted by Gasteiger charge is 2.13. The molecule has 1 aliphatic heterocycles. The highest BCUT2D eigenvalue weighted by atomic mass is 35.5. The van der Waals surface area contributed by atoms with Crippen LogP contribution in [0.15, 0.2) is 18.2 Å². The summed E-state index contributed by atoms with van der Waals surface area (Å²) in [6, 6.07) is 5.20. The summed E-state index contributed by atoms with van der Waals surface area (Å²) >= 11 is 11.9. The molecule has 24 heavy (non-hydrogen) atoms. The van der Waals surface area contributed by atoms with Gasteiger partial charge in [0.25, 0.3) is 0 Å². The number of amides is 1. The van der Waals surface area contributed by atoms with Gasteiger partial charge in [-0.05, 0) is 32.1 Å². The van der Waals surface area contributed by atoms with E-state index >= 15 is 0 Å². The smallest absolute Gasteiger partial charge is 0.223 e. The molecule has 0 aromatic heterocycles. The van der Waals surface area contributed by atoms with E-state index in [1.165, 1.54) is 0 Å². The molecule has 1 heterocycles. The third-order valence-electron chi connectivity index (χ3n) is 4.07. The zero-order chi connectivity index (χ0) is 17.4. The van der Waals surface area contributed by atoms with E-state index in [-0.39, 0.29) is 12.5 Å². The first-order valence-corrected chi connectivity index (χ1v) is 9.06. The zero-order valence-electron chi connectivity index (χ0n) is 14.1. The van der Waals surface area contributed by atoms with Crippen LogP contribution in [0.5, 0.6) is 5.75 Å². The molecule has 7 heteroatoms. The number of rotatable bonds is 8. The van der Waals surface area contributed by atoms with Crippen molar-refractivity contribution in [1.29, 1.82) is 0 Å². The van der Waals surface area contributed by atoms with Gasteiger partial charge in [-0.2, -0.15) is 0 Å². The number of hydrogen-bond donors (Lipinski definition) is 1. The predicted octanol–water partition coefficient (Wildman–Crippen LogP) is 2.52. The van der Waals surface area contributed by atoms with Crippen molar-refractivity contribution >= 4 is 29.1 Å². The first-order valence-electron chi connectivity index (χ1n) is 8.30. The van der Waals surface area contributed by atoms with Gasteiger partial charge in [-0.1, -0.05) is 29.3 Å². The fourth-order valence-electron chi connectivity index (χ4n) is 2.54. The van der Waals surface area contributed by atoms with Crippen molar-refractivity contribution < 1.29 is 9.53 Å². The van der Waals surface area contributed by atoms with E-state index in [9.17, 15) is 4.79 Å². The number of ether oxygens (including phenoxy) is 1. The molecule has 0 bridgehead atoms. The molecule has 0 aliphatic carbocycles. The Balaban J connectivity index is 1.54. The van der Waals surface area contributed by atoms with Crippen molar-refractivity contribution in [3.05, 3.63) is 28.2 Å². The Labute approximate surface area is 153 Å². The summed E-state index contributed by atoms with van der Waals surface area (Å²) in [6.07, 6.45) is 1.27. The SMILES string of the molecule is CN1CCN(CCCNC(=O)CCOc2cccc(Cl)c2Cl)CC1. The average Bonchev–Trinajstić information content (AvgIpc) is 2.57. The summed E-state index contributed by atoms with van der Waals surface area (Å²) in [6.45, 7) is 6.47. The fraction of sp³-hybridized carbons (Fsp3) is 0.588. The summed E-state index contributed by atoms with van der Waals surface area (Å²) < 4.78 is 5.51. The van der Waals surface area contributed by atoms with Crippen molar-refractivity contribution in [1.82, 2.24) is 15.1 Å². The molecule has 0 atom stereocenters. The molecular weight excluding hydrogens is 349 g/mol. The molecule has 0 unspecified atom stereocenters. The van der Waals surface area contributed by atoms with Crippen molar-refractivity contribution in [2.24, 2.45) is 0 Å². The molecule has 5 nitrogen and oxygen atoms in total. The predicted molar refractivity (Wildman–Crippen MR) is 98.1 cm³/mol. The summed E-state index contributed by atoms with van der Waals surface area (Å²) in [7, 11) is 2.15. The summed E-state index contributed by atoms with van der Waals surface area (Å²) in [5, 5.41) is 3.76. The minimum atomic E-state index is -0.00784. The van der Waals surface area contributed by atoms with E-state index in [1.54, 1.807) is 18.2 Å². The molecule has 134 valence electrons. The van der Waals surface area contributed by atoms with Crippen LogP contribution in [0.2, 0.25) is 10.0 Å². The Morgan fingerprint density at radius 1 is 1.25 bits per heavy atom. The van der Waals surface area contributed by atoms with Gasteiger partial charge in [0.2, 0.25) is 5.91 Å². The lowest BCUT2D eigenvalue weighted by molar-refractivity contribution is -0.121. The molecular formula is C17H25Cl2N3O2. The molecule has 1 N–H and O–H groups in total. The lowest BCUT2D eigenvalue weighted by Gasteiger charge is -2.32. The summed E-state index contributed by atoms with van der Waals surface area (Å²) in [5.74, 6) is 0.499. The van der Waals surface area contributed by atoms with Crippen molar-refractivity contribution in [3.63, 3.8) is 0 Å². The first-order chi connectivity index (χ1) is 11.6. The van der Waals surface area contributed by atoms with Crippen LogP contribution in [0.1, 0.15) is 12.8 Å². The third kappa shape index (κ3) is 6.48. The largest absolute Gasteiger partial charge is 0.491 e. The minimum absolute atomic E-state index is 0.00784. The van der Waals surface area contributed by atoms with Gasteiger partial charge in [0.05, 0.1) is 18.1 Å². The normalized spacial score (nSPS) is 16.1. The number of carbonyl (C=O) groups excluding carboxylic acids is 1. The molecule has 1 aliphatic rings. The Morgan fingerprint density at radius 2 is 2.00 bits per heavy atom. The van der Waals surface area contributed by atoms with Crippen molar-refractivity contribution in [2.75, 3.05) is 52.9 Å². The summed E-state index contributed by atoms with van der Waals surface area (Å²) in [5.41, 5.74) is 0. The lowest BCUT2D eigenvalue weighted by atomic mass is 10.3. The maximum absolute atomic E-state index is 11.8. The first kappa shape index (κ1) is 19.3. The second-order valence-corrected chi connectivity index (χ2v) is 6.78.